The van der Waals surface area contributed by atoms with Gasteiger partial charge in [-0.1, -0.05) is 30.3 Å². The van der Waals surface area contributed by atoms with Gasteiger partial charge in [0, 0.05) is 31.1 Å². The minimum absolute atomic E-state index is 0.235. The van der Waals surface area contributed by atoms with Gasteiger partial charge in [-0.2, -0.15) is 0 Å². The first kappa shape index (κ1) is 13.2. The number of thiazole rings is 1. The molecule has 1 aromatic heterocycles. The summed E-state index contributed by atoms with van der Waals surface area (Å²) in [4.78, 5) is 4.62. The lowest BCUT2D eigenvalue weighted by Crippen LogP contribution is -2.25. The van der Waals surface area contributed by atoms with Gasteiger partial charge in [0.15, 0.2) is 0 Å². The van der Waals surface area contributed by atoms with E-state index in [0.717, 1.165) is 23.8 Å². The average Bonchev–Trinajstić information content (AvgIpc) is 2.88. The highest BCUT2D eigenvalue weighted by Gasteiger charge is 2.04. The number of hydrogen-bond acceptors (Lipinski definition) is 4. The van der Waals surface area contributed by atoms with Gasteiger partial charge in [-0.3, -0.25) is 0 Å². The average molecular weight is 262 g/mol. The maximum Gasteiger partial charge on any atom is 0.107 e. The molecular formula is C14H18N2OS. The van der Waals surface area contributed by atoms with Crippen LogP contribution >= 0.6 is 11.3 Å². The summed E-state index contributed by atoms with van der Waals surface area (Å²) in [5.41, 5.74) is 2.22. The third-order valence-electron chi connectivity index (χ3n) is 2.73. The molecule has 1 heterocycles. The van der Waals surface area contributed by atoms with Gasteiger partial charge in [-0.05, 0) is 6.92 Å². The summed E-state index contributed by atoms with van der Waals surface area (Å²) < 4.78 is 5.18. The van der Waals surface area contributed by atoms with Gasteiger partial charge < -0.3 is 10.1 Å². The fourth-order valence-corrected chi connectivity index (χ4v) is 2.37. The molecule has 4 heteroatoms. The summed E-state index contributed by atoms with van der Waals surface area (Å²) in [6.45, 7) is 3.69. The molecule has 2 rings (SSSR count). The number of rotatable bonds is 6. The molecule has 0 spiro atoms. The van der Waals surface area contributed by atoms with Gasteiger partial charge in [0.05, 0.1) is 11.8 Å². The van der Waals surface area contributed by atoms with Crippen LogP contribution in [0.15, 0.2) is 35.7 Å². The van der Waals surface area contributed by atoms with Crippen LogP contribution < -0.4 is 5.32 Å². The standard InChI is InChI=1S/C14H18N2OS/c1-11(17-2)8-15-9-14-16-13(10-18-14)12-6-4-3-5-7-12/h3-7,10-11,15H,8-9H2,1-2H3. The summed E-state index contributed by atoms with van der Waals surface area (Å²) in [5, 5.41) is 6.55. The van der Waals surface area contributed by atoms with Gasteiger partial charge in [0.25, 0.3) is 0 Å². The van der Waals surface area contributed by atoms with Crippen molar-refractivity contribution in [3.63, 3.8) is 0 Å². The Morgan fingerprint density at radius 3 is 2.83 bits per heavy atom. The Morgan fingerprint density at radius 1 is 1.33 bits per heavy atom. The fraction of sp³-hybridized carbons (Fsp3) is 0.357. The van der Waals surface area contributed by atoms with Gasteiger partial charge in [0.2, 0.25) is 0 Å². The highest BCUT2D eigenvalue weighted by atomic mass is 32.1. The molecule has 1 unspecified atom stereocenters. The molecule has 1 aromatic carbocycles. The second-order valence-electron chi connectivity index (χ2n) is 4.17. The number of methoxy groups -OCH3 is 1. The van der Waals surface area contributed by atoms with Gasteiger partial charge >= 0.3 is 0 Å². The lowest BCUT2D eigenvalue weighted by molar-refractivity contribution is 0.117. The number of hydrogen-bond donors (Lipinski definition) is 1. The largest absolute Gasteiger partial charge is 0.380 e. The molecule has 1 atom stereocenters. The van der Waals surface area contributed by atoms with Gasteiger partial charge in [-0.15, -0.1) is 11.3 Å². The van der Waals surface area contributed by atoms with Crippen LogP contribution in [-0.4, -0.2) is 24.7 Å². The maximum atomic E-state index is 5.18. The molecular weight excluding hydrogens is 244 g/mol. The fourth-order valence-electron chi connectivity index (χ4n) is 1.60. The van der Waals surface area contributed by atoms with Gasteiger partial charge in [-0.25, -0.2) is 4.98 Å². The minimum Gasteiger partial charge on any atom is -0.380 e. The van der Waals surface area contributed by atoms with Gasteiger partial charge in [0.1, 0.15) is 5.01 Å². The summed E-state index contributed by atoms with van der Waals surface area (Å²) in [7, 11) is 1.73. The molecule has 0 aliphatic rings. The summed E-state index contributed by atoms with van der Waals surface area (Å²) in [6, 6.07) is 10.3. The molecule has 2 aromatic rings. The molecule has 18 heavy (non-hydrogen) atoms. The Bertz CT molecular complexity index is 470. The zero-order chi connectivity index (χ0) is 12.8. The van der Waals surface area contributed by atoms with Crippen molar-refractivity contribution in [2.45, 2.75) is 19.6 Å². The van der Waals surface area contributed by atoms with E-state index >= 15 is 0 Å². The number of aromatic nitrogens is 1. The lowest BCUT2D eigenvalue weighted by atomic mass is 10.2. The highest BCUT2D eigenvalue weighted by Crippen LogP contribution is 2.21. The Labute approximate surface area is 112 Å². The quantitative estimate of drug-likeness (QED) is 0.869. The third kappa shape index (κ3) is 3.63. The molecule has 0 radical (unpaired) electrons. The molecule has 0 saturated carbocycles. The van der Waals surface area contributed by atoms with E-state index in [1.165, 1.54) is 5.56 Å². The van der Waals surface area contributed by atoms with E-state index in [2.05, 4.69) is 27.8 Å². The Hall–Kier alpha value is -1.23. The normalized spacial score (nSPS) is 12.6. The number of nitrogens with one attached hydrogen (secondary N) is 1. The van der Waals surface area contributed by atoms with E-state index in [9.17, 15) is 0 Å². The SMILES string of the molecule is COC(C)CNCc1nc(-c2ccccc2)cs1. The molecule has 0 amide bonds. The van der Waals surface area contributed by atoms with Crippen LogP contribution in [0.3, 0.4) is 0 Å². The Balaban J connectivity index is 1.91. The first-order valence-corrected chi connectivity index (χ1v) is 6.91. The van der Waals surface area contributed by atoms with Crippen molar-refractivity contribution >= 4 is 11.3 Å². The molecule has 0 fully saturated rings. The van der Waals surface area contributed by atoms with Crippen molar-refractivity contribution in [2.24, 2.45) is 0 Å². The van der Waals surface area contributed by atoms with Crippen LogP contribution in [0.1, 0.15) is 11.9 Å². The van der Waals surface area contributed by atoms with Crippen molar-refractivity contribution in [2.75, 3.05) is 13.7 Å². The van der Waals surface area contributed by atoms with Crippen LogP contribution in [0, 0.1) is 0 Å². The predicted molar refractivity (Wildman–Crippen MR) is 75.7 cm³/mol. The zero-order valence-electron chi connectivity index (χ0n) is 10.7. The van der Waals surface area contributed by atoms with E-state index < -0.39 is 0 Å². The van der Waals surface area contributed by atoms with Crippen LogP contribution in [0.4, 0.5) is 0 Å². The molecule has 0 bridgehead atoms. The van der Waals surface area contributed by atoms with E-state index in [1.54, 1.807) is 18.4 Å². The highest BCUT2D eigenvalue weighted by molar-refractivity contribution is 7.09. The summed E-state index contributed by atoms with van der Waals surface area (Å²) >= 11 is 1.69. The second kappa shape index (κ2) is 6.64. The Kier molecular flexibility index (Phi) is 4.87. The summed E-state index contributed by atoms with van der Waals surface area (Å²) in [5.74, 6) is 0. The van der Waals surface area contributed by atoms with E-state index in [0.29, 0.717) is 0 Å². The molecule has 0 aliphatic carbocycles. The zero-order valence-corrected chi connectivity index (χ0v) is 11.5. The Morgan fingerprint density at radius 2 is 2.11 bits per heavy atom. The van der Waals surface area contributed by atoms with Crippen LogP contribution in [-0.2, 0) is 11.3 Å². The number of nitrogens with zero attached hydrogens (tertiary/aromatic N) is 1. The lowest BCUT2D eigenvalue weighted by Gasteiger charge is -2.09. The van der Waals surface area contributed by atoms with Crippen molar-refractivity contribution < 1.29 is 4.74 Å². The van der Waals surface area contributed by atoms with Crippen LogP contribution in [0.25, 0.3) is 11.3 Å². The first-order valence-electron chi connectivity index (χ1n) is 6.03. The van der Waals surface area contributed by atoms with Crippen molar-refractivity contribution in [3.8, 4) is 11.3 Å². The first-order chi connectivity index (χ1) is 8.79. The van der Waals surface area contributed by atoms with Crippen molar-refractivity contribution in [1.82, 2.24) is 10.3 Å². The maximum absolute atomic E-state index is 5.18. The van der Waals surface area contributed by atoms with E-state index in [-0.39, 0.29) is 6.10 Å². The number of benzene rings is 1. The number of ether oxygens (including phenoxy) is 1. The van der Waals surface area contributed by atoms with Crippen LogP contribution in [0.5, 0.6) is 0 Å². The third-order valence-corrected chi connectivity index (χ3v) is 3.58. The topological polar surface area (TPSA) is 34.1 Å². The summed E-state index contributed by atoms with van der Waals surface area (Å²) in [6.07, 6.45) is 0.235. The van der Waals surface area contributed by atoms with Crippen LogP contribution in [0.2, 0.25) is 0 Å². The predicted octanol–water partition coefficient (Wildman–Crippen LogP) is 2.93. The second-order valence-corrected chi connectivity index (χ2v) is 5.11. The van der Waals surface area contributed by atoms with Crippen molar-refractivity contribution in [3.05, 3.63) is 40.7 Å². The monoisotopic (exact) mass is 262 g/mol. The molecule has 96 valence electrons. The molecule has 1 N–H and O–H groups in total. The molecule has 3 nitrogen and oxygen atoms in total. The smallest absolute Gasteiger partial charge is 0.107 e. The molecule has 0 aliphatic heterocycles. The minimum atomic E-state index is 0.235. The van der Waals surface area contributed by atoms with E-state index in [4.69, 9.17) is 4.74 Å². The molecule has 0 saturated heterocycles. The van der Waals surface area contributed by atoms with Crippen molar-refractivity contribution in [1.29, 1.82) is 0 Å². The van der Waals surface area contributed by atoms with E-state index in [1.807, 2.05) is 25.1 Å².